The predicted molar refractivity (Wildman–Crippen MR) is 85.0 cm³/mol. The van der Waals surface area contributed by atoms with Gasteiger partial charge in [-0.25, -0.2) is 0 Å². The van der Waals surface area contributed by atoms with Crippen LogP contribution in [0.25, 0.3) is 16.9 Å². The van der Waals surface area contributed by atoms with Gasteiger partial charge in [0.15, 0.2) is 4.80 Å². The molecule has 0 saturated carbocycles. The minimum atomic E-state index is 0.424. The van der Waals surface area contributed by atoms with Crippen LogP contribution in [0.4, 0.5) is 0 Å². The van der Waals surface area contributed by atoms with Crippen LogP contribution in [0.3, 0.4) is 0 Å². The van der Waals surface area contributed by atoms with Crippen molar-refractivity contribution in [2.75, 3.05) is 0 Å². The molecule has 0 aliphatic carbocycles. The van der Waals surface area contributed by atoms with Crippen LogP contribution in [-0.4, -0.2) is 4.57 Å². The summed E-state index contributed by atoms with van der Waals surface area (Å²) in [6.45, 7) is 0. The molecule has 0 atom stereocenters. The standard InChI is InChI=1S/C15H10Cl2N2S/c16-11-6-7-13(12(17)8-11)19-14(9-20-15(19)18)10-4-2-1-3-5-10/h1-9,18H. The molecule has 0 saturated heterocycles. The van der Waals surface area contributed by atoms with Crippen LogP contribution >= 0.6 is 34.5 Å². The minimum absolute atomic E-state index is 0.424. The molecule has 0 aliphatic rings. The lowest BCUT2D eigenvalue weighted by atomic mass is 10.1. The van der Waals surface area contributed by atoms with E-state index in [1.165, 1.54) is 11.3 Å². The van der Waals surface area contributed by atoms with Crippen molar-refractivity contribution in [2.45, 2.75) is 0 Å². The Hall–Kier alpha value is -1.55. The van der Waals surface area contributed by atoms with E-state index in [2.05, 4.69) is 0 Å². The Morgan fingerprint density at radius 3 is 2.45 bits per heavy atom. The normalized spacial score (nSPS) is 10.7. The lowest BCUT2D eigenvalue weighted by Gasteiger charge is -2.10. The number of halogens is 2. The molecule has 0 aliphatic heterocycles. The van der Waals surface area contributed by atoms with Crippen LogP contribution in [0.15, 0.2) is 53.9 Å². The van der Waals surface area contributed by atoms with Crippen molar-refractivity contribution >= 4 is 34.5 Å². The molecule has 0 spiro atoms. The van der Waals surface area contributed by atoms with E-state index in [-0.39, 0.29) is 0 Å². The minimum Gasteiger partial charge on any atom is -0.284 e. The number of thiazole rings is 1. The third-order valence-electron chi connectivity index (χ3n) is 2.95. The maximum atomic E-state index is 8.12. The van der Waals surface area contributed by atoms with Gasteiger partial charge >= 0.3 is 0 Å². The molecule has 0 radical (unpaired) electrons. The van der Waals surface area contributed by atoms with Crippen LogP contribution in [-0.2, 0) is 0 Å². The van der Waals surface area contributed by atoms with E-state index in [9.17, 15) is 0 Å². The highest BCUT2D eigenvalue weighted by molar-refractivity contribution is 7.07. The average Bonchev–Trinajstić information content (AvgIpc) is 2.82. The smallest absolute Gasteiger partial charge is 0.187 e. The van der Waals surface area contributed by atoms with Crippen molar-refractivity contribution in [3.05, 3.63) is 68.8 Å². The molecule has 20 heavy (non-hydrogen) atoms. The van der Waals surface area contributed by atoms with Crippen LogP contribution in [0.5, 0.6) is 0 Å². The van der Waals surface area contributed by atoms with E-state index in [1.54, 1.807) is 12.1 Å². The molecule has 3 rings (SSSR count). The predicted octanol–water partition coefficient (Wildman–Crippen LogP) is 4.99. The summed E-state index contributed by atoms with van der Waals surface area (Å²) in [6, 6.07) is 15.3. The SMILES string of the molecule is N=c1scc(-c2ccccc2)n1-c1ccc(Cl)cc1Cl. The first kappa shape index (κ1) is 13.4. The van der Waals surface area contributed by atoms with E-state index in [1.807, 2.05) is 46.3 Å². The fourth-order valence-corrected chi connectivity index (χ4v) is 3.29. The van der Waals surface area contributed by atoms with E-state index < -0.39 is 0 Å². The van der Waals surface area contributed by atoms with Gasteiger partial charge in [-0.2, -0.15) is 0 Å². The van der Waals surface area contributed by atoms with Crippen LogP contribution < -0.4 is 4.80 Å². The number of rotatable bonds is 2. The zero-order valence-corrected chi connectivity index (χ0v) is 12.6. The summed E-state index contributed by atoms with van der Waals surface area (Å²) < 4.78 is 1.83. The summed E-state index contributed by atoms with van der Waals surface area (Å²) in [5.41, 5.74) is 2.76. The van der Waals surface area contributed by atoms with Gasteiger partial charge in [-0.3, -0.25) is 9.98 Å². The van der Waals surface area contributed by atoms with Crippen molar-refractivity contribution in [1.29, 1.82) is 5.41 Å². The zero-order chi connectivity index (χ0) is 14.1. The molecule has 1 N–H and O–H groups in total. The van der Waals surface area contributed by atoms with Gasteiger partial charge in [0.2, 0.25) is 0 Å². The van der Waals surface area contributed by atoms with E-state index in [4.69, 9.17) is 28.6 Å². The second kappa shape index (κ2) is 5.44. The molecule has 2 aromatic carbocycles. The topological polar surface area (TPSA) is 28.8 Å². The molecule has 100 valence electrons. The third-order valence-corrected chi connectivity index (χ3v) is 4.23. The number of hydrogen-bond acceptors (Lipinski definition) is 2. The van der Waals surface area contributed by atoms with Crippen molar-refractivity contribution in [3.63, 3.8) is 0 Å². The Morgan fingerprint density at radius 2 is 1.75 bits per heavy atom. The van der Waals surface area contributed by atoms with Crippen LogP contribution in [0.2, 0.25) is 10.0 Å². The van der Waals surface area contributed by atoms with Crippen molar-refractivity contribution in [3.8, 4) is 16.9 Å². The quantitative estimate of drug-likeness (QED) is 0.689. The molecule has 0 bridgehead atoms. The fourth-order valence-electron chi connectivity index (χ4n) is 2.03. The van der Waals surface area contributed by atoms with Gasteiger partial charge in [-0.1, -0.05) is 53.5 Å². The maximum absolute atomic E-state index is 8.12. The van der Waals surface area contributed by atoms with Crippen LogP contribution in [0.1, 0.15) is 0 Å². The maximum Gasteiger partial charge on any atom is 0.187 e. The number of aromatic nitrogens is 1. The largest absolute Gasteiger partial charge is 0.284 e. The Morgan fingerprint density at radius 1 is 1.00 bits per heavy atom. The molecule has 1 aromatic heterocycles. The molecule has 0 unspecified atom stereocenters. The molecule has 5 heteroatoms. The molecular weight excluding hydrogens is 311 g/mol. The third kappa shape index (κ3) is 2.40. The van der Waals surface area contributed by atoms with E-state index >= 15 is 0 Å². The lowest BCUT2D eigenvalue weighted by molar-refractivity contribution is 0.987. The second-order valence-electron chi connectivity index (χ2n) is 4.22. The first-order chi connectivity index (χ1) is 9.66. The highest BCUT2D eigenvalue weighted by Crippen LogP contribution is 2.28. The highest BCUT2D eigenvalue weighted by atomic mass is 35.5. The average molecular weight is 321 g/mol. The molecule has 1 heterocycles. The summed E-state index contributed by atoms with van der Waals surface area (Å²) in [4.78, 5) is 0.424. The summed E-state index contributed by atoms with van der Waals surface area (Å²) in [6.07, 6.45) is 0. The molecular formula is C15H10Cl2N2S. The summed E-state index contributed by atoms with van der Waals surface area (Å²) >= 11 is 13.6. The van der Waals surface area contributed by atoms with Gasteiger partial charge in [-0.15, -0.1) is 11.3 Å². The number of nitrogens with zero attached hydrogens (tertiary/aromatic N) is 1. The van der Waals surface area contributed by atoms with Crippen molar-refractivity contribution in [1.82, 2.24) is 4.57 Å². The van der Waals surface area contributed by atoms with Crippen molar-refractivity contribution in [2.24, 2.45) is 0 Å². The summed E-state index contributed by atoms with van der Waals surface area (Å²) in [7, 11) is 0. The van der Waals surface area contributed by atoms with Gasteiger partial charge < -0.3 is 0 Å². The Bertz CT molecular complexity index is 806. The summed E-state index contributed by atoms with van der Waals surface area (Å²) in [5.74, 6) is 0. The van der Waals surface area contributed by atoms with Gasteiger partial charge in [-0.05, 0) is 23.8 Å². The Labute approximate surface area is 130 Å². The van der Waals surface area contributed by atoms with Crippen LogP contribution in [0, 0.1) is 5.41 Å². The molecule has 0 fully saturated rings. The van der Waals surface area contributed by atoms with E-state index in [0.717, 1.165) is 16.9 Å². The van der Waals surface area contributed by atoms with Gasteiger partial charge in [0, 0.05) is 10.4 Å². The Kier molecular flexibility index (Phi) is 3.66. The Balaban J connectivity index is 2.25. The molecule has 2 nitrogen and oxygen atoms in total. The number of hydrogen-bond donors (Lipinski definition) is 1. The van der Waals surface area contributed by atoms with E-state index in [0.29, 0.717) is 14.8 Å². The lowest BCUT2D eigenvalue weighted by Crippen LogP contribution is -2.12. The summed E-state index contributed by atoms with van der Waals surface area (Å²) in [5, 5.41) is 11.2. The van der Waals surface area contributed by atoms with Crippen molar-refractivity contribution < 1.29 is 0 Å². The molecule has 3 aromatic rings. The number of benzene rings is 2. The van der Waals surface area contributed by atoms with Gasteiger partial charge in [0.1, 0.15) is 0 Å². The fraction of sp³-hybridized carbons (Fsp3) is 0. The highest BCUT2D eigenvalue weighted by Gasteiger charge is 2.12. The first-order valence-electron chi connectivity index (χ1n) is 5.93. The molecule has 0 amide bonds. The monoisotopic (exact) mass is 320 g/mol. The number of nitrogens with one attached hydrogen (secondary N) is 1. The zero-order valence-electron chi connectivity index (χ0n) is 10.3. The van der Waals surface area contributed by atoms with Gasteiger partial charge in [0.05, 0.1) is 16.4 Å². The van der Waals surface area contributed by atoms with Gasteiger partial charge in [0.25, 0.3) is 0 Å². The first-order valence-corrected chi connectivity index (χ1v) is 7.56. The second-order valence-corrected chi connectivity index (χ2v) is 5.93.